The van der Waals surface area contributed by atoms with Crippen LogP contribution in [0.15, 0.2) is 18.2 Å². The molecule has 23 heavy (non-hydrogen) atoms. The van der Waals surface area contributed by atoms with Crippen molar-refractivity contribution in [2.24, 2.45) is 5.41 Å². The molecule has 0 heterocycles. The molecule has 0 saturated heterocycles. The quantitative estimate of drug-likeness (QED) is 0.635. The van der Waals surface area contributed by atoms with Crippen molar-refractivity contribution >= 4 is 11.6 Å². The predicted molar refractivity (Wildman–Crippen MR) is 89.9 cm³/mol. The highest BCUT2D eigenvalue weighted by Gasteiger charge is 2.28. The van der Waals surface area contributed by atoms with Gasteiger partial charge in [0, 0.05) is 17.2 Å². The number of benzene rings is 1. The molecule has 0 radical (unpaired) electrons. The maximum Gasteiger partial charge on any atom is 0.311 e. The van der Waals surface area contributed by atoms with E-state index in [1.165, 1.54) is 12.1 Å². The Morgan fingerprint density at radius 2 is 1.87 bits per heavy atom. The Morgan fingerprint density at radius 1 is 1.26 bits per heavy atom. The van der Waals surface area contributed by atoms with Gasteiger partial charge in [0.15, 0.2) is 5.75 Å². The third-order valence-corrected chi connectivity index (χ3v) is 3.14. The molecule has 0 bridgehead atoms. The summed E-state index contributed by atoms with van der Waals surface area (Å²) < 4.78 is 5.23. The van der Waals surface area contributed by atoms with Gasteiger partial charge in [0.05, 0.1) is 11.5 Å². The Hall–Kier alpha value is -2.11. The zero-order chi connectivity index (χ0) is 17.8. The molecule has 1 aromatic rings. The van der Waals surface area contributed by atoms with E-state index in [4.69, 9.17) is 4.74 Å². The Balaban J connectivity index is 3.00. The van der Waals surface area contributed by atoms with Crippen LogP contribution in [0.25, 0.3) is 0 Å². The first-order valence-corrected chi connectivity index (χ1v) is 7.69. The highest BCUT2D eigenvalue weighted by molar-refractivity contribution is 5.95. The number of hydrogen-bond acceptors (Lipinski definition) is 4. The zero-order valence-corrected chi connectivity index (χ0v) is 14.7. The molecule has 6 nitrogen and oxygen atoms in total. The van der Waals surface area contributed by atoms with E-state index in [-0.39, 0.29) is 28.3 Å². The van der Waals surface area contributed by atoms with E-state index in [0.717, 1.165) is 6.42 Å². The minimum atomic E-state index is -0.540. The van der Waals surface area contributed by atoms with Crippen molar-refractivity contribution in [3.8, 4) is 5.75 Å². The van der Waals surface area contributed by atoms with Crippen molar-refractivity contribution in [3.63, 3.8) is 0 Å². The summed E-state index contributed by atoms with van der Waals surface area (Å²) in [4.78, 5) is 23.0. The first-order chi connectivity index (χ1) is 10.4. The van der Waals surface area contributed by atoms with Crippen LogP contribution >= 0.6 is 0 Å². The smallest absolute Gasteiger partial charge is 0.311 e. The second-order valence-corrected chi connectivity index (χ2v) is 7.45. The number of carbonyl (C=O) groups is 1. The number of rotatable bonds is 6. The standard InChI is InChI=1S/C17H26N2O4/c1-7-23-14-9-8-12(10-13(14)19(21)22)15(20)18-17(5,6)11-16(2,3)4/h8-10H,7,11H2,1-6H3,(H,18,20). The van der Waals surface area contributed by atoms with E-state index in [9.17, 15) is 14.9 Å². The first-order valence-electron chi connectivity index (χ1n) is 7.69. The lowest BCUT2D eigenvalue weighted by Crippen LogP contribution is -2.45. The molecular formula is C17H26N2O4. The first kappa shape index (κ1) is 18.9. The third kappa shape index (κ3) is 5.88. The number of nitro benzene ring substituents is 1. The maximum atomic E-state index is 12.4. The van der Waals surface area contributed by atoms with Crippen molar-refractivity contribution < 1.29 is 14.5 Å². The molecule has 0 spiro atoms. The Bertz CT molecular complexity index is 589. The molecule has 0 aliphatic rings. The number of nitro groups is 1. The highest BCUT2D eigenvalue weighted by atomic mass is 16.6. The van der Waals surface area contributed by atoms with Crippen LogP contribution < -0.4 is 10.1 Å². The summed E-state index contributed by atoms with van der Waals surface area (Å²) in [6.07, 6.45) is 0.783. The Kier molecular flexibility index (Phi) is 5.75. The van der Waals surface area contributed by atoms with Gasteiger partial charge in [-0.3, -0.25) is 14.9 Å². The molecule has 0 saturated carbocycles. The van der Waals surface area contributed by atoms with E-state index >= 15 is 0 Å². The maximum absolute atomic E-state index is 12.4. The average Bonchev–Trinajstić information content (AvgIpc) is 2.35. The van der Waals surface area contributed by atoms with Crippen molar-refractivity contribution in [3.05, 3.63) is 33.9 Å². The van der Waals surface area contributed by atoms with Crippen LogP contribution in [0.3, 0.4) is 0 Å². The molecule has 1 rings (SSSR count). The number of nitrogens with zero attached hydrogens (tertiary/aromatic N) is 1. The van der Waals surface area contributed by atoms with Gasteiger partial charge >= 0.3 is 5.69 Å². The molecule has 1 N–H and O–H groups in total. The lowest BCUT2D eigenvalue weighted by atomic mass is 9.81. The molecule has 6 heteroatoms. The van der Waals surface area contributed by atoms with Gasteiger partial charge in [-0.25, -0.2) is 0 Å². The number of nitrogens with one attached hydrogen (secondary N) is 1. The zero-order valence-electron chi connectivity index (χ0n) is 14.7. The van der Waals surface area contributed by atoms with Crippen LogP contribution in [0.1, 0.15) is 58.3 Å². The summed E-state index contributed by atoms with van der Waals surface area (Å²) in [6, 6.07) is 4.27. The summed E-state index contributed by atoms with van der Waals surface area (Å²) >= 11 is 0. The summed E-state index contributed by atoms with van der Waals surface area (Å²) in [5.74, 6) is -0.159. The van der Waals surface area contributed by atoms with Crippen LogP contribution in [0.4, 0.5) is 5.69 Å². The number of carbonyl (C=O) groups excluding carboxylic acids is 1. The second-order valence-electron chi connectivity index (χ2n) is 7.45. The molecule has 0 aromatic heterocycles. The molecule has 1 aromatic carbocycles. The fourth-order valence-electron chi connectivity index (χ4n) is 2.83. The fraction of sp³-hybridized carbons (Fsp3) is 0.588. The lowest BCUT2D eigenvalue weighted by Gasteiger charge is -2.33. The van der Waals surface area contributed by atoms with Gasteiger partial charge in [-0.2, -0.15) is 0 Å². The SMILES string of the molecule is CCOc1ccc(C(=O)NC(C)(C)CC(C)(C)C)cc1[N+](=O)[O-]. The Labute approximate surface area is 137 Å². The predicted octanol–water partition coefficient (Wildman–Crippen LogP) is 3.94. The molecule has 0 atom stereocenters. The van der Waals surface area contributed by atoms with Crippen molar-refractivity contribution in [2.45, 2.75) is 53.5 Å². The van der Waals surface area contributed by atoms with Crippen molar-refractivity contribution in [1.29, 1.82) is 0 Å². The molecule has 0 unspecified atom stereocenters. The van der Waals surface area contributed by atoms with Crippen LogP contribution in [0, 0.1) is 15.5 Å². The van der Waals surface area contributed by atoms with Gasteiger partial charge in [-0.15, -0.1) is 0 Å². The highest BCUT2D eigenvalue weighted by Crippen LogP contribution is 2.29. The normalized spacial score (nSPS) is 11.9. The molecule has 0 aliphatic heterocycles. The largest absolute Gasteiger partial charge is 0.487 e. The van der Waals surface area contributed by atoms with Crippen LogP contribution in [-0.4, -0.2) is 23.0 Å². The summed E-state index contributed by atoms with van der Waals surface area (Å²) in [7, 11) is 0. The summed E-state index contributed by atoms with van der Waals surface area (Å²) in [6.45, 7) is 12.3. The summed E-state index contributed by atoms with van der Waals surface area (Å²) in [5, 5.41) is 14.1. The molecule has 128 valence electrons. The molecule has 0 fully saturated rings. The molecule has 1 amide bonds. The monoisotopic (exact) mass is 322 g/mol. The minimum absolute atomic E-state index is 0.0571. The average molecular weight is 322 g/mol. The fourth-order valence-corrected chi connectivity index (χ4v) is 2.83. The van der Waals surface area contributed by atoms with Gasteiger partial charge in [0.25, 0.3) is 5.91 Å². The van der Waals surface area contributed by atoms with Gasteiger partial charge in [-0.05, 0) is 44.7 Å². The van der Waals surface area contributed by atoms with Crippen LogP contribution in [0.5, 0.6) is 5.75 Å². The van der Waals surface area contributed by atoms with Gasteiger partial charge in [0.2, 0.25) is 0 Å². The van der Waals surface area contributed by atoms with Crippen LogP contribution in [-0.2, 0) is 0 Å². The van der Waals surface area contributed by atoms with Crippen molar-refractivity contribution in [1.82, 2.24) is 5.32 Å². The minimum Gasteiger partial charge on any atom is -0.487 e. The van der Waals surface area contributed by atoms with E-state index in [0.29, 0.717) is 6.61 Å². The van der Waals surface area contributed by atoms with Gasteiger partial charge in [-0.1, -0.05) is 20.8 Å². The number of ether oxygens (including phenoxy) is 1. The summed E-state index contributed by atoms with van der Waals surface area (Å²) in [5.41, 5.74) is -0.306. The van der Waals surface area contributed by atoms with Crippen LogP contribution in [0.2, 0.25) is 0 Å². The number of hydrogen-bond donors (Lipinski definition) is 1. The van der Waals surface area contributed by atoms with Gasteiger partial charge in [0.1, 0.15) is 0 Å². The second kappa shape index (κ2) is 6.98. The Morgan fingerprint density at radius 3 is 2.35 bits per heavy atom. The van der Waals surface area contributed by atoms with E-state index in [1.807, 2.05) is 13.8 Å². The molecular weight excluding hydrogens is 296 g/mol. The van der Waals surface area contributed by atoms with E-state index in [1.54, 1.807) is 13.0 Å². The van der Waals surface area contributed by atoms with E-state index < -0.39 is 10.5 Å². The van der Waals surface area contributed by atoms with E-state index in [2.05, 4.69) is 26.1 Å². The van der Waals surface area contributed by atoms with Crippen molar-refractivity contribution in [2.75, 3.05) is 6.61 Å². The topological polar surface area (TPSA) is 81.5 Å². The van der Waals surface area contributed by atoms with Gasteiger partial charge < -0.3 is 10.1 Å². The third-order valence-electron chi connectivity index (χ3n) is 3.14. The number of amides is 1. The lowest BCUT2D eigenvalue weighted by molar-refractivity contribution is -0.385. The molecule has 0 aliphatic carbocycles.